The molecule has 1 saturated carbocycles. The van der Waals surface area contributed by atoms with E-state index in [4.69, 9.17) is 9.47 Å². The molecule has 3 rings (SSSR count). The first kappa shape index (κ1) is 18.0. The zero-order chi connectivity index (χ0) is 16.9. The lowest BCUT2D eigenvalue weighted by molar-refractivity contribution is 0.103. The van der Waals surface area contributed by atoms with Gasteiger partial charge in [-0.25, -0.2) is 0 Å². The van der Waals surface area contributed by atoms with Crippen molar-refractivity contribution in [2.24, 2.45) is 5.92 Å². The van der Waals surface area contributed by atoms with E-state index in [0.717, 1.165) is 48.1 Å². The Kier molecular flexibility index (Phi) is 6.42. The summed E-state index contributed by atoms with van der Waals surface area (Å²) in [5.41, 5.74) is 1.35. The molecule has 1 aliphatic heterocycles. The van der Waals surface area contributed by atoms with Crippen LogP contribution in [0.5, 0.6) is 11.5 Å². The number of nitrogens with one attached hydrogen (secondary N) is 1. The molecule has 0 aromatic heterocycles. The molecule has 2 aliphatic rings. The SMILES string of the molecule is COc1cc(Br)c([C@H](C2CCCCC2)N2CCNCC2)cc1OC. The van der Waals surface area contributed by atoms with Gasteiger partial charge in [-0.1, -0.05) is 35.2 Å². The van der Waals surface area contributed by atoms with Gasteiger partial charge in [0.05, 0.1) is 14.2 Å². The summed E-state index contributed by atoms with van der Waals surface area (Å²) in [4.78, 5) is 2.67. The third-order valence-electron chi connectivity index (χ3n) is 5.46. The van der Waals surface area contributed by atoms with Crippen molar-refractivity contribution in [3.8, 4) is 11.5 Å². The van der Waals surface area contributed by atoms with E-state index in [2.05, 4.69) is 38.3 Å². The molecule has 0 amide bonds. The Labute approximate surface area is 154 Å². The van der Waals surface area contributed by atoms with Crippen LogP contribution in [0.3, 0.4) is 0 Å². The number of hydrogen-bond acceptors (Lipinski definition) is 4. The van der Waals surface area contributed by atoms with E-state index in [0.29, 0.717) is 6.04 Å². The van der Waals surface area contributed by atoms with Crippen LogP contribution in [0.4, 0.5) is 0 Å². The molecular formula is C19H29BrN2O2. The Morgan fingerprint density at radius 2 is 1.67 bits per heavy atom. The van der Waals surface area contributed by atoms with Crippen LogP contribution in [-0.2, 0) is 0 Å². The van der Waals surface area contributed by atoms with Gasteiger partial charge in [-0.05, 0) is 36.5 Å². The molecule has 1 heterocycles. The van der Waals surface area contributed by atoms with Crippen LogP contribution in [0, 0.1) is 5.92 Å². The van der Waals surface area contributed by atoms with E-state index < -0.39 is 0 Å². The van der Waals surface area contributed by atoms with Crippen LogP contribution in [-0.4, -0.2) is 45.3 Å². The Balaban J connectivity index is 1.97. The lowest BCUT2D eigenvalue weighted by atomic mass is 9.80. The number of nitrogens with zero attached hydrogens (tertiary/aromatic N) is 1. The second kappa shape index (κ2) is 8.54. The largest absolute Gasteiger partial charge is 0.493 e. The maximum absolute atomic E-state index is 5.58. The Hall–Kier alpha value is -0.780. The second-order valence-electron chi connectivity index (χ2n) is 6.86. The molecule has 0 spiro atoms. The average Bonchev–Trinajstić information content (AvgIpc) is 2.64. The van der Waals surface area contributed by atoms with Gasteiger partial charge in [0, 0.05) is 36.7 Å². The topological polar surface area (TPSA) is 33.7 Å². The predicted molar refractivity (Wildman–Crippen MR) is 101 cm³/mol. The van der Waals surface area contributed by atoms with E-state index in [1.165, 1.54) is 37.7 Å². The molecule has 0 unspecified atom stereocenters. The fourth-order valence-corrected chi connectivity index (χ4v) is 4.81. The van der Waals surface area contributed by atoms with Crippen molar-refractivity contribution in [3.63, 3.8) is 0 Å². The third-order valence-corrected chi connectivity index (χ3v) is 6.15. The molecule has 134 valence electrons. The molecule has 4 nitrogen and oxygen atoms in total. The number of methoxy groups -OCH3 is 2. The zero-order valence-electron chi connectivity index (χ0n) is 14.8. The minimum atomic E-state index is 0.460. The average molecular weight is 397 g/mol. The third kappa shape index (κ3) is 3.89. The molecule has 0 radical (unpaired) electrons. The first-order valence-electron chi connectivity index (χ1n) is 9.10. The Morgan fingerprint density at radius 3 is 2.29 bits per heavy atom. The highest BCUT2D eigenvalue weighted by molar-refractivity contribution is 9.10. The number of piperazine rings is 1. The highest BCUT2D eigenvalue weighted by Gasteiger charge is 2.32. The van der Waals surface area contributed by atoms with Gasteiger partial charge in [0.25, 0.3) is 0 Å². The van der Waals surface area contributed by atoms with Gasteiger partial charge in [-0.2, -0.15) is 0 Å². The molecule has 1 saturated heterocycles. The normalized spacial score (nSPS) is 21.5. The van der Waals surface area contributed by atoms with Gasteiger partial charge in [0.15, 0.2) is 11.5 Å². The minimum Gasteiger partial charge on any atom is -0.493 e. The number of halogens is 1. The summed E-state index contributed by atoms with van der Waals surface area (Å²) in [6.45, 7) is 4.38. The van der Waals surface area contributed by atoms with Gasteiger partial charge in [0.1, 0.15) is 0 Å². The van der Waals surface area contributed by atoms with Gasteiger partial charge >= 0.3 is 0 Å². The lowest BCUT2D eigenvalue weighted by Gasteiger charge is -2.41. The van der Waals surface area contributed by atoms with Crippen molar-refractivity contribution in [3.05, 3.63) is 22.2 Å². The number of benzene rings is 1. The molecule has 5 heteroatoms. The van der Waals surface area contributed by atoms with E-state index in [1.807, 2.05) is 0 Å². The van der Waals surface area contributed by atoms with Crippen molar-refractivity contribution < 1.29 is 9.47 Å². The quantitative estimate of drug-likeness (QED) is 0.815. The monoisotopic (exact) mass is 396 g/mol. The molecule has 1 N–H and O–H groups in total. The Bertz CT molecular complexity index is 522. The first-order valence-corrected chi connectivity index (χ1v) is 9.90. The van der Waals surface area contributed by atoms with Crippen molar-refractivity contribution in [1.29, 1.82) is 0 Å². The van der Waals surface area contributed by atoms with Crippen LogP contribution in [0.25, 0.3) is 0 Å². The van der Waals surface area contributed by atoms with Crippen molar-refractivity contribution >= 4 is 15.9 Å². The van der Waals surface area contributed by atoms with Crippen LogP contribution < -0.4 is 14.8 Å². The van der Waals surface area contributed by atoms with Crippen molar-refractivity contribution in [2.45, 2.75) is 38.1 Å². The van der Waals surface area contributed by atoms with Crippen LogP contribution in [0.2, 0.25) is 0 Å². The minimum absolute atomic E-state index is 0.460. The van der Waals surface area contributed by atoms with Gasteiger partial charge < -0.3 is 14.8 Å². The summed E-state index contributed by atoms with van der Waals surface area (Å²) in [6, 6.07) is 4.71. The number of rotatable bonds is 5. The highest BCUT2D eigenvalue weighted by Crippen LogP contribution is 2.44. The van der Waals surface area contributed by atoms with Crippen LogP contribution in [0.1, 0.15) is 43.7 Å². The number of ether oxygens (including phenoxy) is 2. The summed E-state index contributed by atoms with van der Waals surface area (Å²) in [5, 5.41) is 3.48. The maximum atomic E-state index is 5.58. The molecule has 1 atom stereocenters. The van der Waals surface area contributed by atoms with Crippen molar-refractivity contribution in [1.82, 2.24) is 10.2 Å². The zero-order valence-corrected chi connectivity index (χ0v) is 16.4. The molecule has 2 fully saturated rings. The summed E-state index contributed by atoms with van der Waals surface area (Å²) in [6.07, 6.45) is 6.76. The van der Waals surface area contributed by atoms with E-state index >= 15 is 0 Å². The summed E-state index contributed by atoms with van der Waals surface area (Å²) in [5.74, 6) is 2.34. The summed E-state index contributed by atoms with van der Waals surface area (Å²) in [7, 11) is 3.41. The fraction of sp³-hybridized carbons (Fsp3) is 0.684. The fourth-order valence-electron chi connectivity index (χ4n) is 4.26. The highest BCUT2D eigenvalue weighted by atomic mass is 79.9. The standard InChI is InChI=1S/C19H29BrN2O2/c1-23-17-12-15(16(20)13-18(17)24-2)19(14-6-4-3-5-7-14)22-10-8-21-9-11-22/h12-14,19,21H,3-11H2,1-2H3/t19-/m0/s1. The van der Waals surface area contributed by atoms with Crippen LogP contribution in [0.15, 0.2) is 16.6 Å². The van der Waals surface area contributed by atoms with Gasteiger partial charge in [0.2, 0.25) is 0 Å². The molecule has 24 heavy (non-hydrogen) atoms. The summed E-state index contributed by atoms with van der Waals surface area (Å²) >= 11 is 3.81. The molecule has 1 aromatic rings. The van der Waals surface area contributed by atoms with E-state index in [9.17, 15) is 0 Å². The molecular weight excluding hydrogens is 368 g/mol. The summed E-state index contributed by atoms with van der Waals surface area (Å²) < 4.78 is 12.2. The predicted octanol–water partition coefficient (Wildman–Crippen LogP) is 3.99. The molecule has 1 aromatic carbocycles. The van der Waals surface area contributed by atoms with Gasteiger partial charge in [-0.15, -0.1) is 0 Å². The Morgan fingerprint density at radius 1 is 1.04 bits per heavy atom. The van der Waals surface area contributed by atoms with Crippen molar-refractivity contribution in [2.75, 3.05) is 40.4 Å². The first-order chi connectivity index (χ1) is 11.7. The molecule has 0 bridgehead atoms. The van der Waals surface area contributed by atoms with Crippen LogP contribution >= 0.6 is 15.9 Å². The second-order valence-corrected chi connectivity index (χ2v) is 7.71. The smallest absolute Gasteiger partial charge is 0.161 e. The lowest BCUT2D eigenvalue weighted by Crippen LogP contribution is -2.47. The maximum Gasteiger partial charge on any atom is 0.161 e. The number of hydrogen-bond donors (Lipinski definition) is 1. The van der Waals surface area contributed by atoms with E-state index in [1.54, 1.807) is 14.2 Å². The van der Waals surface area contributed by atoms with E-state index in [-0.39, 0.29) is 0 Å². The van der Waals surface area contributed by atoms with Gasteiger partial charge in [-0.3, -0.25) is 4.90 Å². The molecule has 1 aliphatic carbocycles.